The molecule has 0 atom stereocenters. The van der Waals surface area contributed by atoms with Crippen molar-refractivity contribution in [3.05, 3.63) is 52.6 Å². The summed E-state index contributed by atoms with van der Waals surface area (Å²) < 4.78 is 6.75. The van der Waals surface area contributed by atoms with E-state index in [-0.39, 0.29) is 0 Å². The summed E-state index contributed by atoms with van der Waals surface area (Å²) in [6.07, 6.45) is 2.91. The van der Waals surface area contributed by atoms with E-state index in [4.69, 9.17) is 4.74 Å². The van der Waals surface area contributed by atoms with Crippen LogP contribution >= 0.6 is 15.9 Å². The predicted octanol–water partition coefficient (Wildman–Crippen LogP) is 4.14. The van der Waals surface area contributed by atoms with E-state index in [2.05, 4.69) is 33.2 Å². The first-order chi connectivity index (χ1) is 9.28. The number of halogens is 1. The maximum Gasteiger partial charge on any atom is 0.219 e. The van der Waals surface area contributed by atoms with Gasteiger partial charge in [-0.3, -0.25) is 0 Å². The lowest BCUT2D eigenvalue weighted by Gasteiger charge is -2.07. The molecule has 1 N–H and O–H groups in total. The van der Waals surface area contributed by atoms with Crippen molar-refractivity contribution in [2.45, 2.75) is 19.9 Å². The van der Waals surface area contributed by atoms with Gasteiger partial charge in [-0.25, -0.2) is 4.98 Å². The van der Waals surface area contributed by atoms with E-state index < -0.39 is 0 Å². The minimum absolute atomic E-state index is 0.623. The first kappa shape index (κ1) is 14.0. The predicted molar refractivity (Wildman–Crippen MR) is 80.5 cm³/mol. The van der Waals surface area contributed by atoms with Crippen LogP contribution in [0.1, 0.15) is 18.9 Å². The van der Waals surface area contributed by atoms with Crippen molar-refractivity contribution in [3.8, 4) is 11.6 Å². The summed E-state index contributed by atoms with van der Waals surface area (Å²) in [6, 6.07) is 11.7. The van der Waals surface area contributed by atoms with Crippen molar-refractivity contribution in [3.63, 3.8) is 0 Å². The molecule has 1 aromatic carbocycles. The molecule has 0 fully saturated rings. The molecular formula is C15H17BrN2O. The molecule has 19 heavy (non-hydrogen) atoms. The minimum atomic E-state index is 0.623. The minimum Gasteiger partial charge on any atom is -0.439 e. The molecule has 0 aliphatic heterocycles. The summed E-state index contributed by atoms with van der Waals surface area (Å²) >= 11 is 3.40. The van der Waals surface area contributed by atoms with E-state index in [9.17, 15) is 0 Å². The highest BCUT2D eigenvalue weighted by Crippen LogP contribution is 2.22. The highest BCUT2D eigenvalue weighted by Gasteiger charge is 2.00. The zero-order chi connectivity index (χ0) is 13.5. The first-order valence-corrected chi connectivity index (χ1v) is 7.16. The summed E-state index contributed by atoms with van der Waals surface area (Å²) in [4.78, 5) is 4.22. The van der Waals surface area contributed by atoms with Gasteiger partial charge in [0, 0.05) is 23.3 Å². The molecule has 0 aliphatic carbocycles. The molecular weight excluding hydrogens is 304 g/mol. The number of hydrogen-bond donors (Lipinski definition) is 1. The quantitative estimate of drug-likeness (QED) is 0.812. The van der Waals surface area contributed by atoms with Gasteiger partial charge in [0.1, 0.15) is 5.75 Å². The number of aromatic nitrogens is 1. The number of nitrogens with one attached hydrogen (secondary N) is 1. The third-order valence-electron chi connectivity index (χ3n) is 2.59. The zero-order valence-electron chi connectivity index (χ0n) is 10.9. The molecule has 1 aromatic heterocycles. The van der Waals surface area contributed by atoms with Gasteiger partial charge >= 0.3 is 0 Å². The Hall–Kier alpha value is -1.39. The Morgan fingerprint density at radius 3 is 2.74 bits per heavy atom. The van der Waals surface area contributed by atoms with Crippen LogP contribution in [0.3, 0.4) is 0 Å². The summed E-state index contributed by atoms with van der Waals surface area (Å²) in [6.45, 7) is 4.01. The summed E-state index contributed by atoms with van der Waals surface area (Å²) in [5.41, 5.74) is 1.18. The second-order valence-corrected chi connectivity index (χ2v) is 5.15. The van der Waals surface area contributed by atoms with Crippen molar-refractivity contribution in [2.75, 3.05) is 6.54 Å². The molecule has 3 nitrogen and oxygen atoms in total. The monoisotopic (exact) mass is 320 g/mol. The van der Waals surface area contributed by atoms with Gasteiger partial charge in [-0.05, 0) is 48.9 Å². The molecule has 0 bridgehead atoms. The third-order valence-corrected chi connectivity index (χ3v) is 3.12. The zero-order valence-corrected chi connectivity index (χ0v) is 12.5. The van der Waals surface area contributed by atoms with Gasteiger partial charge in [-0.2, -0.15) is 0 Å². The lowest BCUT2D eigenvalue weighted by Crippen LogP contribution is -2.13. The number of rotatable bonds is 6. The fourth-order valence-corrected chi connectivity index (χ4v) is 1.91. The van der Waals surface area contributed by atoms with Gasteiger partial charge in [0.15, 0.2) is 0 Å². The number of pyridine rings is 1. The van der Waals surface area contributed by atoms with Crippen LogP contribution in [0.15, 0.2) is 47.1 Å². The molecule has 0 spiro atoms. The third kappa shape index (κ3) is 4.65. The van der Waals surface area contributed by atoms with Crippen molar-refractivity contribution in [1.82, 2.24) is 10.3 Å². The van der Waals surface area contributed by atoms with Gasteiger partial charge in [0.05, 0.1) is 0 Å². The van der Waals surface area contributed by atoms with Crippen LogP contribution in [0.2, 0.25) is 0 Å². The van der Waals surface area contributed by atoms with Crippen molar-refractivity contribution < 1.29 is 4.74 Å². The molecule has 100 valence electrons. The van der Waals surface area contributed by atoms with Crippen LogP contribution in [0.25, 0.3) is 0 Å². The molecule has 1 heterocycles. The Bertz CT molecular complexity index is 514. The fourth-order valence-electron chi connectivity index (χ4n) is 1.65. The second-order valence-electron chi connectivity index (χ2n) is 4.24. The van der Waals surface area contributed by atoms with Crippen LogP contribution < -0.4 is 10.1 Å². The van der Waals surface area contributed by atoms with E-state index in [1.807, 2.05) is 36.4 Å². The van der Waals surface area contributed by atoms with E-state index in [0.717, 1.165) is 29.7 Å². The molecule has 0 amide bonds. The molecule has 0 unspecified atom stereocenters. The van der Waals surface area contributed by atoms with Crippen LogP contribution in [-0.4, -0.2) is 11.5 Å². The smallest absolute Gasteiger partial charge is 0.219 e. The summed E-state index contributed by atoms with van der Waals surface area (Å²) in [5.74, 6) is 1.41. The lowest BCUT2D eigenvalue weighted by atomic mass is 10.2. The maximum absolute atomic E-state index is 5.72. The Kier molecular flexibility index (Phi) is 5.36. The van der Waals surface area contributed by atoms with Crippen molar-refractivity contribution in [1.29, 1.82) is 0 Å². The molecule has 4 heteroatoms. The van der Waals surface area contributed by atoms with Gasteiger partial charge in [0.25, 0.3) is 0 Å². The maximum atomic E-state index is 5.72. The SMILES string of the molecule is CCCNCc1ccnc(Oc2ccc(Br)cc2)c1. The normalized spacial score (nSPS) is 10.4. The van der Waals surface area contributed by atoms with Crippen LogP contribution in [0, 0.1) is 0 Å². The van der Waals surface area contributed by atoms with E-state index in [0.29, 0.717) is 5.88 Å². The average molecular weight is 321 g/mol. The van der Waals surface area contributed by atoms with E-state index in [1.54, 1.807) is 6.20 Å². The highest BCUT2D eigenvalue weighted by atomic mass is 79.9. The van der Waals surface area contributed by atoms with Gasteiger partial charge < -0.3 is 10.1 Å². The fraction of sp³-hybridized carbons (Fsp3) is 0.267. The van der Waals surface area contributed by atoms with Gasteiger partial charge in [0.2, 0.25) is 5.88 Å². The number of nitrogens with zero attached hydrogens (tertiary/aromatic N) is 1. The molecule has 2 rings (SSSR count). The van der Waals surface area contributed by atoms with Crippen LogP contribution in [-0.2, 0) is 6.54 Å². The summed E-state index contributed by atoms with van der Waals surface area (Å²) in [5, 5.41) is 3.36. The molecule has 0 aliphatic rings. The molecule has 2 aromatic rings. The number of ether oxygens (including phenoxy) is 1. The van der Waals surface area contributed by atoms with Gasteiger partial charge in [-0.1, -0.05) is 22.9 Å². The Morgan fingerprint density at radius 1 is 1.21 bits per heavy atom. The second kappa shape index (κ2) is 7.26. The molecule has 0 saturated carbocycles. The van der Waals surface area contributed by atoms with Crippen LogP contribution in [0.4, 0.5) is 0 Å². The lowest BCUT2D eigenvalue weighted by molar-refractivity contribution is 0.461. The van der Waals surface area contributed by atoms with Crippen molar-refractivity contribution in [2.24, 2.45) is 0 Å². The molecule has 0 radical (unpaired) electrons. The number of hydrogen-bond acceptors (Lipinski definition) is 3. The Balaban J connectivity index is 2.00. The standard InChI is InChI=1S/C15H17BrN2O/c1-2-8-17-11-12-7-9-18-15(10-12)19-14-5-3-13(16)4-6-14/h3-7,9-10,17H,2,8,11H2,1H3. The number of benzene rings is 1. The topological polar surface area (TPSA) is 34.2 Å². The first-order valence-electron chi connectivity index (χ1n) is 6.37. The Morgan fingerprint density at radius 2 is 2.00 bits per heavy atom. The summed E-state index contributed by atoms with van der Waals surface area (Å²) in [7, 11) is 0. The average Bonchev–Trinajstić information content (AvgIpc) is 2.42. The van der Waals surface area contributed by atoms with E-state index in [1.165, 1.54) is 5.56 Å². The largest absolute Gasteiger partial charge is 0.439 e. The molecule has 0 saturated heterocycles. The van der Waals surface area contributed by atoms with Crippen LogP contribution in [0.5, 0.6) is 11.6 Å². The Labute approximate surface area is 122 Å². The van der Waals surface area contributed by atoms with E-state index >= 15 is 0 Å². The highest BCUT2D eigenvalue weighted by molar-refractivity contribution is 9.10. The van der Waals surface area contributed by atoms with Crippen molar-refractivity contribution >= 4 is 15.9 Å². The van der Waals surface area contributed by atoms with Gasteiger partial charge in [-0.15, -0.1) is 0 Å².